The van der Waals surface area contributed by atoms with E-state index >= 15 is 0 Å². The second kappa shape index (κ2) is 7.09. The zero-order valence-corrected chi connectivity index (χ0v) is 12.0. The molecule has 1 aromatic rings. The Hall–Kier alpha value is -2.07. The first kappa shape index (κ1) is 15.3. The first-order valence-corrected chi connectivity index (χ1v) is 7.60. The molecule has 0 atom stereocenters. The fraction of sp³-hybridized carbons (Fsp3) is 0.357. The maximum Gasteiger partial charge on any atom is 0.234 e. The highest BCUT2D eigenvalue weighted by atomic mass is 32.2. The molecule has 0 saturated heterocycles. The predicted octanol–water partition coefficient (Wildman–Crippen LogP) is 2.37. The monoisotopic (exact) mass is 307 g/mol. The highest BCUT2D eigenvalue weighted by molar-refractivity contribution is 8.00. The Kier molecular flexibility index (Phi) is 5.17. The van der Waals surface area contributed by atoms with Gasteiger partial charge in [-0.15, -0.1) is 11.8 Å². The van der Waals surface area contributed by atoms with Gasteiger partial charge in [0, 0.05) is 11.6 Å². The van der Waals surface area contributed by atoms with Gasteiger partial charge in [0.2, 0.25) is 11.8 Å². The molecular formula is C14H14FN3O2S. The van der Waals surface area contributed by atoms with Gasteiger partial charge < -0.3 is 10.6 Å². The maximum atomic E-state index is 13.6. The lowest BCUT2D eigenvalue weighted by Gasteiger charge is -2.09. The van der Waals surface area contributed by atoms with Gasteiger partial charge in [-0.25, -0.2) is 4.39 Å². The lowest BCUT2D eigenvalue weighted by molar-refractivity contribution is -0.117. The number of anilines is 2. The average molecular weight is 307 g/mol. The SMILES string of the molecule is N#CCSCC(=O)Nc1ccc(F)c(NC(=O)C2CC2)c1. The van der Waals surface area contributed by atoms with Gasteiger partial charge in [-0.3, -0.25) is 9.59 Å². The molecule has 1 fully saturated rings. The number of hydrogen-bond donors (Lipinski definition) is 2. The van der Waals surface area contributed by atoms with Gasteiger partial charge in [-0.1, -0.05) is 0 Å². The zero-order chi connectivity index (χ0) is 15.2. The fourth-order valence-corrected chi connectivity index (χ4v) is 2.12. The Morgan fingerprint density at radius 2 is 2.14 bits per heavy atom. The van der Waals surface area contributed by atoms with Crippen LogP contribution in [0.4, 0.5) is 15.8 Å². The van der Waals surface area contributed by atoms with Gasteiger partial charge >= 0.3 is 0 Å². The van der Waals surface area contributed by atoms with Crippen molar-refractivity contribution in [2.45, 2.75) is 12.8 Å². The summed E-state index contributed by atoms with van der Waals surface area (Å²) in [6.07, 6.45) is 1.67. The fourth-order valence-electron chi connectivity index (χ4n) is 1.67. The molecule has 0 heterocycles. The van der Waals surface area contributed by atoms with E-state index in [0.29, 0.717) is 5.69 Å². The summed E-state index contributed by atoms with van der Waals surface area (Å²) in [5, 5.41) is 13.5. The van der Waals surface area contributed by atoms with Crippen molar-refractivity contribution in [1.29, 1.82) is 5.26 Å². The number of thioether (sulfide) groups is 1. The summed E-state index contributed by atoms with van der Waals surface area (Å²) in [6, 6.07) is 5.94. The molecule has 2 rings (SSSR count). The van der Waals surface area contributed by atoms with Gasteiger partial charge in [0.1, 0.15) is 5.82 Å². The van der Waals surface area contributed by atoms with Crippen LogP contribution in [0.3, 0.4) is 0 Å². The minimum Gasteiger partial charge on any atom is -0.325 e. The van der Waals surface area contributed by atoms with Crippen molar-refractivity contribution < 1.29 is 14.0 Å². The molecule has 1 aromatic carbocycles. The Balaban J connectivity index is 1.95. The van der Waals surface area contributed by atoms with E-state index in [0.717, 1.165) is 12.8 Å². The van der Waals surface area contributed by atoms with E-state index in [1.807, 2.05) is 6.07 Å². The van der Waals surface area contributed by atoms with Crippen molar-refractivity contribution in [1.82, 2.24) is 0 Å². The highest BCUT2D eigenvalue weighted by Gasteiger charge is 2.30. The van der Waals surface area contributed by atoms with Crippen LogP contribution in [0.1, 0.15) is 12.8 Å². The van der Waals surface area contributed by atoms with Crippen LogP contribution in [0.25, 0.3) is 0 Å². The molecule has 1 saturated carbocycles. The first-order chi connectivity index (χ1) is 10.1. The molecule has 21 heavy (non-hydrogen) atoms. The maximum absolute atomic E-state index is 13.6. The number of rotatable bonds is 6. The van der Waals surface area contributed by atoms with Crippen molar-refractivity contribution >= 4 is 35.0 Å². The lowest BCUT2D eigenvalue weighted by Crippen LogP contribution is -2.16. The number of amides is 2. The standard InChI is InChI=1S/C14H14FN3O2S/c15-11-4-3-10(17-13(19)8-21-6-5-16)7-12(11)18-14(20)9-1-2-9/h3-4,7,9H,1-2,6,8H2,(H,17,19)(H,18,20). The summed E-state index contributed by atoms with van der Waals surface area (Å²) in [7, 11) is 0. The van der Waals surface area contributed by atoms with Crippen LogP contribution in [0.15, 0.2) is 18.2 Å². The Labute approximate surface area is 125 Å². The number of benzene rings is 1. The topological polar surface area (TPSA) is 82.0 Å². The van der Waals surface area contributed by atoms with Crippen LogP contribution in [0, 0.1) is 23.1 Å². The largest absolute Gasteiger partial charge is 0.325 e. The normalized spacial score (nSPS) is 13.3. The number of nitriles is 1. The zero-order valence-electron chi connectivity index (χ0n) is 11.2. The Morgan fingerprint density at radius 1 is 1.38 bits per heavy atom. The number of nitrogens with one attached hydrogen (secondary N) is 2. The number of halogens is 1. The van der Waals surface area contributed by atoms with E-state index < -0.39 is 5.82 Å². The van der Waals surface area contributed by atoms with Crippen LogP contribution in [0.2, 0.25) is 0 Å². The first-order valence-electron chi connectivity index (χ1n) is 6.45. The summed E-state index contributed by atoms with van der Waals surface area (Å²) in [6.45, 7) is 0. The number of hydrogen-bond acceptors (Lipinski definition) is 4. The van der Waals surface area contributed by atoms with Crippen molar-refractivity contribution in [2.75, 3.05) is 22.1 Å². The molecule has 0 aliphatic heterocycles. The van der Waals surface area contributed by atoms with E-state index in [9.17, 15) is 14.0 Å². The molecule has 5 nitrogen and oxygen atoms in total. The molecule has 0 spiro atoms. The summed E-state index contributed by atoms with van der Waals surface area (Å²) in [4.78, 5) is 23.2. The summed E-state index contributed by atoms with van der Waals surface area (Å²) in [5.74, 6) is -0.650. The quantitative estimate of drug-likeness (QED) is 0.791. The van der Waals surface area contributed by atoms with Crippen molar-refractivity contribution in [3.05, 3.63) is 24.0 Å². The molecule has 110 valence electrons. The molecule has 0 bridgehead atoms. The second-order valence-corrected chi connectivity index (χ2v) is 5.64. The van der Waals surface area contributed by atoms with Crippen LogP contribution >= 0.6 is 11.8 Å². The van der Waals surface area contributed by atoms with E-state index in [-0.39, 0.29) is 34.9 Å². The number of carbonyl (C=O) groups excluding carboxylic acids is 2. The lowest BCUT2D eigenvalue weighted by atomic mass is 10.2. The highest BCUT2D eigenvalue weighted by Crippen LogP contribution is 2.31. The van der Waals surface area contributed by atoms with Gasteiger partial charge in [0.25, 0.3) is 0 Å². The van der Waals surface area contributed by atoms with Gasteiger partial charge in [0.05, 0.1) is 23.3 Å². The summed E-state index contributed by atoms with van der Waals surface area (Å²) < 4.78 is 13.6. The van der Waals surface area contributed by atoms with Gasteiger partial charge in [0.15, 0.2) is 0 Å². The second-order valence-electron chi connectivity index (χ2n) is 4.66. The van der Waals surface area contributed by atoms with E-state index in [1.54, 1.807) is 0 Å². The summed E-state index contributed by atoms with van der Waals surface area (Å²) >= 11 is 1.19. The van der Waals surface area contributed by atoms with Crippen LogP contribution in [0.5, 0.6) is 0 Å². The smallest absolute Gasteiger partial charge is 0.234 e. The van der Waals surface area contributed by atoms with Crippen LogP contribution < -0.4 is 10.6 Å². The van der Waals surface area contributed by atoms with Crippen molar-refractivity contribution in [3.63, 3.8) is 0 Å². The molecule has 2 amide bonds. The number of nitrogens with zero attached hydrogens (tertiary/aromatic N) is 1. The third-order valence-electron chi connectivity index (χ3n) is 2.86. The van der Waals surface area contributed by atoms with Crippen molar-refractivity contribution in [2.24, 2.45) is 5.92 Å². The van der Waals surface area contributed by atoms with E-state index in [2.05, 4.69) is 10.6 Å². The van der Waals surface area contributed by atoms with Crippen molar-refractivity contribution in [3.8, 4) is 6.07 Å². The molecule has 1 aliphatic carbocycles. The predicted molar refractivity (Wildman–Crippen MR) is 79.3 cm³/mol. The van der Waals surface area contributed by atoms with E-state index in [4.69, 9.17) is 5.26 Å². The Morgan fingerprint density at radius 3 is 2.81 bits per heavy atom. The van der Waals surface area contributed by atoms with Gasteiger partial charge in [-0.2, -0.15) is 5.26 Å². The molecule has 7 heteroatoms. The molecular weight excluding hydrogens is 293 g/mol. The molecule has 2 N–H and O–H groups in total. The average Bonchev–Trinajstić information content (AvgIpc) is 3.27. The van der Waals surface area contributed by atoms with E-state index in [1.165, 1.54) is 30.0 Å². The van der Waals surface area contributed by atoms with Crippen LogP contribution in [-0.2, 0) is 9.59 Å². The molecule has 1 aliphatic rings. The van der Waals surface area contributed by atoms with Crippen LogP contribution in [-0.4, -0.2) is 23.3 Å². The van der Waals surface area contributed by atoms with Gasteiger partial charge in [-0.05, 0) is 31.0 Å². The Bertz CT molecular complexity index is 596. The summed E-state index contributed by atoms with van der Waals surface area (Å²) in [5.41, 5.74) is 0.472. The minimum atomic E-state index is -0.541. The molecule has 0 unspecified atom stereocenters. The number of carbonyl (C=O) groups is 2. The molecule has 0 aromatic heterocycles. The molecule has 0 radical (unpaired) electrons. The third-order valence-corrected chi connectivity index (χ3v) is 3.66. The minimum absolute atomic E-state index is 0.0231. The third kappa shape index (κ3) is 4.76.